The molecule has 0 aromatic heterocycles. The molecule has 0 saturated carbocycles. The van der Waals surface area contributed by atoms with Crippen LogP contribution < -0.4 is 15.4 Å². The van der Waals surface area contributed by atoms with Crippen LogP contribution in [0, 0.1) is 0 Å². The SMILES string of the molecule is O=C(COc1ccccc1P(=O)(O)O)Nc1cc(Cl)cc(Cl)c1. The first kappa shape index (κ1) is 17.8. The summed E-state index contributed by atoms with van der Waals surface area (Å²) in [6.07, 6.45) is 0. The number of halogens is 2. The summed E-state index contributed by atoms with van der Waals surface area (Å²) in [5.74, 6) is -0.580. The van der Waals surface area contributed by atoms with Crippen molar-refractivity contribution < 1.29 is 23.9 Å². The first-order valence-corrected chi connectivity index (χ1v) is 8.66. The quantitative estimate of drug-likeness (QED) is 0.698. The van der Waals surface area contributed by atoms with Gasteiger partial charge in [0.15, 0.2) is 6.61 Å². The Bertz CT molecular complexity index is 757. The largest absolute Gasteiger partial charge is 0.483 e. The van der Waals surface area contributed by atoms with Crippen LogP contribution in [0.4, 0.5) is 5.69 Å². The molecule has 2 aromatic carbocycles. The van der Waals surface area contributed by atoms with Crippen LogP contribution in [-0.2, 0) is 9.36 Å². The molecule has 23 heavy (non-hydrogen) atoms. The first-order chi connectivity index (χ1) is 10.8. The Balaban J connectivity index is 2.04. The van der Waals surface area contributed by atoms with E-state index in [-0.39, 0.29) is 11.1 Å². The van der Waals surface area contributed by atoms with Crippen molar-refractivity contribution in [2.45, 2.75) is 0 Å². The number of benzene rings is 2. The Labute approximate surface area is 142 Å². The van der Waals surface area contributed by atoms with E-state index in [1.54, 1.807) is 6.07 Å². The zero-order valence-electron chi connectivity index (χ0n) is 11.6. The second-order valence-electron chi connectivity index (χ2n) is 4.51. The molecule has 122 valence electrons. The van der Waals surface area contributed by atoms with Gasteiger partial charge in [0.25, 0.3) is 5.91 Å². The van der Waals surface area contributed by atoms with E-state index in [1.165, 1.54) is 36.4 Å². The van der Waals surface area contributed by atoms with Gasteiger partial charge in [0.2, 0.25) is 0 Å². The van der Waals surface area contributed by atoms with Crippen LogP contribution in [0.5, 0.6) is 5.75 Å². The number of anilines is 1. The summed E-state index contributed by atoms with van der Waals surface area (Å²) < 4.78 is 16.5. The molecule has 2 aromatic rings. The summed E-state index contributed by atoms with van der Waals surface area (Å²) in [7, 11) is -4.49. The lowest BCUT2D eigenvalue weighted by Crippen LogP contribution is -2.22. The fourth-order valence-corrected chi connectivity index (χ4v) is 3.02. The number of rotatable bonds is 5. The molecule has 0 fully saturated rings. The van der Waals surface area contributed by atoms with E-state index in [1.807, 2.05) is 0 Å². The lowest BCUT2D eigenvalue weighted by molar-refractivity contribution is -0.118. The average molecular weight is 376 g/mol. The average Bonchev–Trinajstić information content (AvgIpc) is 2.43. The molecule has 6 nitrogen and oxygen atoms in total. The highest BCUT2D eigenvalue weighted by Crippen LogP contribution is 2.37. The van der Waals surface area contributed by atoms with Gasteiger partial charge < -0.3 is 19.8 Å². The van der Waals surface area contributed by atoms with Crippen LogP contribution in [-0.4, -0.2) is 22.3 Å². The molecule has 0 atom stereocenters. The van der Waals surface area contributed by atoms with E-state index in [0.29, 0.717) is 15.7 Å². The number of ether oxygens (including phenoxy) is 1. The molecule has 1 amide bonds. The lowest BCUT2D eigenvalue weighted by atomic mass is 10.3. The minimum Gasteiger partial charge on any atom is -0.483 e. The second-order valence-corrected chi connectivity index (χ2v) is 6.95. The van der Waals surface area contributed by atoms with Gasteiger partial charge in [0.1, 0.15) is 11.1 Å². The Morgan fingerprint density at radius 3 is 2.35 bits per heavy atom. The number of carbonyl (C=O) groups excluding carboxylic acids is 1. The molecule has 0 heterocycles. The minimum atomic E-state index is -4.49. The van der Waals surface area contributed by atoms with Crippen molar-refractivity contribution in [1.82, 2.24) is 0 Å². The topological polar surface area (TPSA) is 95.9 Å². The van der Waals surface area contributed by atoms with Gasteiger partial charge in [-0.15, -0.1) is 0 Å². The molecular formula is C14H12Cl2NO5P. The van der Waals surface area contributed by atoms with E-state index in [0.717, 1.165) is 0 Å². The maximum atomic E-state index is 11.9. The Hall–Kier alpha value is -1.56. The molecular weight excluding hydrogens is 364 g/mol. The number of hydrogen-bond acceptors (Lipinski definition) is 3. The van der Waals surface area contributed by atoms with Crippen LogP contribution in [0.2, 0.25) is 10.0 Å². The standard InChI is InChI=1S/C14H12Cl2NO5P/c15-9-5-10(16)7-11(6-9)17-14(18)8-22-12-3-1-2-4-13(12)23(19,20)21/h1-7H,8H2,(H,17,18)(H2,19,20,21). The Morgan fingerprint density at radius 1 is 1.13 bits per heavy atom. The van der Waals surface area contributed by atoms with Crippen LogP contribution in [0.3, 0.4) is 0 Å². The summed E-state index contributed by atoms with van der Waals surface area (Å²) in [6.45, 7) is -0.429. The summed E-state index contributed by atoms with van der Waals surface area (Å²) >= 11 is 11.6. The van der Waals surface area contributed by atoms with Crippen LogP contribution in [0.1, 0.15) is 0 Å². The normalized spacial score (nSPS) is 11.1. The number of hydrogen-bond donors (Lipinski definition) is 3. The maximum absolute atomic E-state index is 11.9. The van der Waals surface area contributed by atoms with Gasteiger partial charge in [-0.2, -0.15) is 0 Å². The Morgan fingerprint density at radius 2 is 1.74 bits per heavy atom. The summed E-state index contributed by atoms with van der Waals surface area (Å²) in [5.41, 5.74) is 0.388. The van der Waals surface area contributed by atoms with Crippen molar-refractivity contribution in [2.75, 3.05) is 11.9 Å². The molecule has 0 saturated heterocycles. The van der Waals surface area contributed by atoms with E-state index >= 15 is 0 Å². The molecule has 0 aliphatic heterocycles. The van der Waals surface area contributed by atoms with Gasteiger partial charge >= 0.3 is 7.60 Å². The van der Waals surface area contributed by atoms with Crippen molar-refractivity contribution >= 4 is 47.7 Å². The predicted molar refractivity (Wildman–Crippen MR) is 88.7 cm³/mol. The zero-order valence-corrected chi connectivity index (χ0v) is 14.0. The van der Waals surface area contributed by atoms with Gasteiger partial charge in [0.05, 0.1) is 0 Å². The van der Waals surface area contributed by atoms with E-state index in [4.69, 9.17) is 27.9 Å². The van der Waals surface area contributed by atoms with Crippen molar-refractivity contribution in [3.05, 3.63) is 52.5 Å². The lowest BCUT2D eigenvalue weighted by Gasteiger charge is -2.12. The van der Waals surface area contributed by atoms with Gasteiger partial charge in [-0.3, -0.25) is 9.36 Å². The van der Waals surface area contributed by atoms with E-state index in [9.17, 15) is 19.1 Å². The molecule has 0 spiro atoms. The number of nitrogens with one attached hydrogen (secondary N) is 1. The monoisotopic (exact) mass is 375 g/mol. The third-order valence-corrected chi connectivity index (χ3v) is 4.12. The molecule has 3 N–H and O–H groups in total. The van der Waals surface area contributed by atoms with Gasteiger partial charge in [-0.05, 0) is 30.3 Å². The highest BCUT2D eigenvalue weighted by molar-refractivity contribution is 7.60. The van der Waals surface area contributed by atoms with Crippen molar-refractivity contribution in [3.8, 4) is 5.75 Å². The summed E-state index contributed by atoms with van der Waals surface area (Å²) in [5, 5.41) is 2.97. The molecule has 9 heteroatoms. The van der Waals surface area contributed by atoms with E-state index in [2.05, 4.69) is 5.32 Å². The van der Waals surface area contributed by atoms with Crippen molar-refractivity contribution in [1.29, 1.82) is 0 Å². The fraction of sp³-hybridized carbons (Fsp3) is 0.0714. The first-order valence-electron chi connectivity index (χ1n) is 6.29. The Kier molecular flexibility index (Phi) is 5.68. The molecule has 2 rings (SSSR count). The second kappa shape index (κ2) is 7.34. The number of para-hydroxylation sites is 1. The summed E-state index contributed by atoms with van der Waals surface area (Å²) in [4.78, 5) is 30.3. The van der Waals surface area contributed by atoms with Crippen molar-refractivity contribution in [3.63, 3.8) is 0 Å². The number of amides is 1. The van der Waals surface area contributed by atoms with Crippen LogP contribution in [0.15, 0.2) is 42.5 Å². The molecule has 0 bridgehead atoms. The van der Waals surface area contributed by atoms with Crippen LogP contribution >= 0.6 is 30.8 Å². The van der Waals surface area contributed by atoms with Crippen molar-refractivity contribution in [2.24, 2.45) is 0 Å². The van der Waals surface area contributed by atoms with Gasteiger partial charge in [-0.1, -0.05) is 35.3 Å². The highest BCUT2D eigenvalue weighted by atomic mass is 35.5. The number of carbonyl (C=O) groups is 1. The third kappa shape index (κ3) is 5.23. The van der Waals surface area contributed by atoms with E-state index < -0.39 is 20.1 Å². The smallest absolute Gasteiger partial charge is 0.359 e. The third-order valence-electron chi connectivity index (χ3n) is 2.68. The maximum Gasteiger partial charge on any atom is 0.359 e. The molecule has 0 unspecified atom stereocenters. The molecule has 0 radical (unpaired) electrons. The van der Waals surface area contributed by atoms with Gasteiger partial charge in [-0.25, -0.2) is 0 Å². The zero-order chi connectivity index (χ0) is 17.0. The summed E-state index contributed by atoms with van der Waals surface area (Å²) in [6, 6.07) is 10.2. The minimum absolute atomic E-state index is 0.0555. The predicted octanol–water partition coefficient (Wildman–Crippen LogP) is 2.81. The highest BCUT2D eigenvalue weighted by Gasteiger charge is 2.22. The van der Waals surface area contributed by atoms with Gasteiger partial charge in [0, 0.05) is 15.7 Å². The van der Waals surface area contributed by atoms with Crippen LogP contribution in [0.25, 0.3) is 0 Å². The molecule has 0 aliphatic carbocycles. The molecule has 0 aliphatic rings. The fourth-order valence-electron chi connectivity index (χ4n) is 1.79.